The van der Waals surface area contributed by atoms with Crippen LogP contribution in [0.4, 0.5) is 0 Å². The fourth-order valence-electron chi connectivity index (χ4n) is 2.74. The van der Waals surface area contributed by atoms with E-state index < -0.39 is 16.5 Å². The third-order valence-electron chi connectivity index (χ3n) is 3.69. The van der Waals surface area contributed by atoms with E-state index in [-0.39, 0.29) is 40.5 Å². The van der Waals surface area contributed by atoms with E-state index in [4.69, 9.17) is 7.80 Å². The van der Waals surface area contributed by atoms with Gasteiger partial charge in [0, 0.05) is 0 Å². The van der Waals surface area contributed by atoms with E-state index in [1.165, 1.54) is 0 Å². The van der Waals surface area contributed by atoms with Gasteiger partial charge < -0.3 is 0 Å². The van der Waals surface area contributed by atoms with Crippen molar-refractivity contribution in [3.8, 4) is 0 Å². The zero-order valence-electron chi connectivity index (χ0n) is 8.07. The summed E-state index contributed by atoms with van der Waals surface area (Å²) in [7, 11) is 0. The summed E-state index contributed by atoms with van der Waals surface area (Å²) in [4.78, 5) is 12.1. The van der Waals surface area contributed by atoms with Crippen LogP contribution in [0.15, 0.2) is 12.2 Å². The van der Waals surface area contributed by atoms with Crippen molar-refractivity contribution < 1.29 is 30.1 Å². The fraction of sp³-hybridized carbons (Fsp3) is 0.667. The molecule has 4 atom stereocenters. The Labute approximate surface area is 102 Å². The molecule has 3 saturated heterocycles. The number of halogens is 2. The van der Waals surface area contributed by atoms with Crippen LogP contribution in [-0.2, 0) is 12.6 Å². The van der Waals surface area contributed by atoms with E-state index in [2.05, 4.69) is 20.4 Å². The van der Waals surface area contributed by atoms with Crippen molar-refractivity contribution >= 4 is 22.5 Å². The predicted octanol–water partition coefficient (Wildman–Crippen LogP) is -1.78. The third-order valence-corrected chi connectivity index (χ3v) is 15.6. The number of hydrogen-bond acceptors (Lipinski definition) is 4. The minimum absolute atomic E-state index is 0.00454. The van der Waals surface area contributed by atoms with Gasteiger partial charge in [0.2, 0.25) is 0 Å². The molecule has 3 aliphatic heterocycles. The molecular weight excluding hydrogens is 424 g/mol. The molecule has 4 rings (SSSR count). The molecule has 0 aromatic rings. The molecule has 4 nitrogen and oxygen atoms in total. The van der Waals surface area contributed by atoms with Crippen molar-refractivity contribution in [1.82, 2.24) is 1.33 Å². The Morgan fingerprint density at radius 2 is 2.60 bits per heavy atom. The molecule has 4 aliphatic rings. The van der Waals surface area contributed by atoms with Crippen LogP contribution in [0.25, 0.3) is 0 Å². The number of ether oxygens (including phenoxy) is 1. The number of nitrogens with zero attached hydrogens (tertiary/aromatic N) is 1. The zero-order chi connectivity index (χ0) is 10.3. The number of allylic oxidation sites excluding steroid dienone is 1. The topological polar surface area (TPSA) is 38.5 Å². The van der Waals surface area contributed by atoms with Crippen LogP contribution < -0.4 is 17.5 Å². The summed E-state index contributed by atoms with van der Waals surface area (Å²) in [5.74, 6) is -0.0173. The zero-order valence-corrected chi connectivity index (χ0v) is 12.4. The van der Waals surface area contributed by atoms with Crippen LogP contribution in [-0.4, -0.2) is 25.5 Å². The number of cyclic esters (lactones) is 1. The van der Waals surface area contributed by atoms with Gasteiger partial charge in [-0.3, -0.25) is 0 Å². The van der Waals surface area contributed by atoms with Crippen LogP contribution >= 0.6 is 16.5 Å². The Bertz CT molecular complexity index is 401. The molecule has 1 aliphatic carbocycles. The number of fused-ring (bicyclic) bond motifs is 1. The molecule has 0 aromatic heterocycles. The van der Waals surface area contributed by atoms with Crippen LogP contribution in [0, 0.1) is 5.41 Å². The number of esters is 1. The first-order valence-electron chi connectivity index (χ1n) is 4.86. The van der Waals surface area contributed by atoms with Crippen molar-refractivity contribution in [3.63, 3.8) is 0 Å². The first-order chi connectivity index (χ1) is 7.18. The Balaban J connectivity index is 1.95. The average molecular weight is 434 g/mol. The molecule has 0 amide bonds. The average Bonchev–Trinajstić information content (AvgIpc) is 2.81. The van der Waals surface area contributed by atoms with Gasteiger partial charge in [-0.15, -0.1) is 0 Å². The molecule has 0 bridgehead atoms. The number of rotatable bonds is 0. The molecule has 6 heteroatoms. The second-order valence-corrected chi connectivity index (χ2v) is 17.4. The summed E-state index contributed by atoms with van der Waals surface area (Å²) in [5, 5.41) is 0. The molecule has 15 heavy (non-hydrogen) atoms. The second kappa shape index (κ2) is 2.70. The molecule has 0 aromatic carbocycles. The first kappa shape index (κ1) is 9.60. The summed E-state index contributed by atoms with van der Waals surface area (Å²) in [6, 6.07) is 0. The van der Waals surface area contributed by atoms with Gasteiger partial charge >= 0.3 is 103 Å². The molecule has 3 fully saturated rings. The summed E-state index contributed by atoms with van der Waals surface area (Å²) in [6.07, 6.45) is 5.20. The van der Waals surface area contributed by atoms with E-state index >= 15 is 0 Å². The Hall–Kier alpha value is 0.590. The standard InChI is InChI=1S/C9H10I2NO3/c1-8-4-2-3-6-9(8,7(13)14-5-8)12-10-11(12)15-6/h2-3,6H,4-5H2,1H3/q-1/t6-,8-,9-,12?/m1/s1. The van der Waals surface area contributed by atoms with Gasteiger partial charge in [-0.25, -0.2) is 0 Å². The van der Waals surface area contributed by atoms with E-state index in [0.29, 0.717) is 6.61 Å². The fourth-order valence-corrected chi connectivity index (χ4v) is 17.6. The number of carbonyl (C=O) groups excluding carboxylic acids is 1. The van der Waals surface area contributed by atoms with Crippen molar-refractivity contribution in [2.24, 2.45) is 5.41 Å². The van der Waals surface area contributed by atoms with Crippen LogP contribution in [0.1, 0.15) is 13.3 Å². The SMILES string of the molecule is C[C@]12CC=C[C@H]3OI4[I-]N4[C@@]31C(=O)OC2. The van der Waals surface area contributed by atoms with E-state index in [9.17, 15) is 4.79 Å². The first-order valence-corrected chi connectivity index (χ1v) is 14.0. The number of carbonyl (C=O) groups is 1. The maximum absolute atomic E-state index is 12.1. The van der Waals surface area contributed by atoms with Gasteiger partial charge in [-0.1, -0.05) is 0 Å². The molecule has 0 saturated carbocycles. The Morgan fingerprint density at radius 1 is 1.73 bits per heavy atom. The molecule has 0 radical (unpaired) electrons. The molecule has 3 heterocycles. The second-order valence-electron chi connectivity index (χ2n) is 4.53. The van der Waals surface area contributed by atoms with Crippen molar-refractivity contribution in [1.29, 1.82) is 0 Å². The third kappa shape index (κ3) is 0.904. The van der Waals surface area contributed by atoms with E-state index in [0.717, 1.165) is 6.42 Å². The van der Waals surface area contributed by atoms with Gasteiger partial charge in [0.25, 0.3) is 0 Å². The van der Waals surface area contributed by atoms with E-state index in [1.807, 2.05) is 0 Å². The van der Waals surface area contributed by atoms with Gasteiger partial charge in [0.15, 0.2) is 0 Å². The maximum atomic E-state index is 12.1. The Morgan fingerprint density at radius 3 is 3.47 bits per heavy atom. The summed E-state index contributed by atoms with van der Waals surface area (Å²) in [6.45, 7) is 2.75. The van der Waals surface area contributed by atoms with Gasteiger partial charge in [0.05, 0.1) is 0 Å². The van der Waals surface area contributed by atoms with Gasteiger partial charge in [0.1, 0.15) is 0 Å². The van der Waals surface area contributed by atoms with E-state index in [1.54, 1.807) is 0 Å². The summed E-state index contributed by atoms with van der Waals surface area (Å²) < 4.78 is 13.8. The van der Waals surface area contributed by atoms with Crippen molar-refractivity contribution in [2.45, 2.75) is 25.0 Å². The number of hydrogen-bond donors (Lipinski definition) is 0. The predicted molar refractivity (Wildman–Crippen MR) is 56.3 cm³/mol. The van der Waals surface area contributed by atoms with Crippen LogP contribution in [0.2, 0.25) is 0 Å². The van der Waals surface area contributed by atoms with Gasteiger partial charge in [-0.05, 0) is 0 Å². The van der Waals surface area contributed by atoms with Crippen molar-refractivity contribution in [2.75, 3.05) is 6.61 Å². The monoisotopic (exact) mass is 434 g/mol. The molecule has 84 valence electrons. The molecule has 1 unspecified atom stereocenters. The Kier molecular flexibility index (Phi) is 1.73. The van der Waals surface area contributed by atoms with Gasteiger partial charge in [-0.2, -0.15) is 0 Å². The normalized spacial score (nSPS) is 57.7. The minimum atomic E-state index is -1.24. The summed E-state index contributed by atoms with van der Waals surface area (Å²) >= 11 is -1.16. The molecular formula is C9H10I2NO3-. The van der Waals surface area contributed by atoms with Crippen LogP contribution in [0.3, 0.4) is 0 Å². The molecule has 1 spiro atoms. The summed E-state index contributed by atoms with van der Waals surface area (Å²) in [5.41, 5.74) is -0.425. The molecule has 0 N–H and O–H groups in total. The quantitative estimate of drug-likeness (QED) is 0.149. The van der Waals surface area contributed by atoms with Crippen molar-refractivity contribution in [3.05, 3.63) is 12.2 Å². The van der Waals surface area contributed by atoms with Crippen LogP contribution in [0.5, 0.6) is 0 Å².